The number of piperidine rings is 1. The van der Waals surface area contributed by atoms with Crippen LogP contribution in [0.2, 0.25) is 0 Å². The Labute approximate surface area is 119 Å². The zero-order chi connectivity index (χ0) is 14.3. The van der Waals surface area contributed by atoms with Gasteiger partial charge in [0.15, 0.2) is 0 Å². The average Bonchev–Trinajstić information content (AvgIpc) is 2.89. The van der Waals surface area contributed by atoms with E-state index < -0.39 is 29.1 Å². The lowest BCUT2D eigenvalue weighted by Gasteiger charge is -2.45. The van der Waals surface area contributed by atoms with E-state index in [1.165, 1.54) is 0 Å². The van der Waals surface area contributed by atoms with Crippen LogP contribution < -0.4 is 5.32 Å². The van der Waals surface area contributed by atoms with Crippen molar-refractivity contribution in [3.63, 3.8) is 0 Å². The van der Waals surface area contributed by atoms with E-state index in [0.717, 1.165) is 23.3 Å². The Bertz CT molecular complexity index is 647. The number of rotatable bonds is 0. The van der Waals surface area contributed by atoms with Crippen molar-refractivity contribution in [3.05, 3.63) is 21.9 Å². The van der Waals surface area contributed by atoms with Crippen LogP contribution in [0, 0.1) is 34.5 Å². The van der Waals surface area contributed by atoms with Crippen LogP contribution in [0.5, 0.6) is 0 Å². The number of carbonyl (C=O) groups is 2. The van der Waals surface area contributed by atoms with Gasteiger partial charge < -0.3 is 0 Å². The normalized spacial score (nSPS) is 27.3. The molecule has 0 unspecified atom stereocenters. The van der Waals surface area contributed by atoms with Gasteiger partial charge in [-0.25, -0.2) is 0 Å². The van der Waals surface area contributed by atoms with Gasteiger partial charge in [-0.15, -0.1) is 11.3 Å². The summed E-state index contributed by atoms with van der Waals surface area (Å²) >= 11 is 1.56. The highest BCUT2D eigenvalue weighted by Crippen LogP contribution is 2.51. The minimum Gasteiger partial charge on any atom is -0.294 e. The predicted octanol–water partition coefficient (Wildman–Crippen LogP) is 1.26. The molecule has 1 N–H and O–H groups in total. The molecule has 1 fully saturated rings. The van der Waals surface area contributed by atoms with Gasteiger partial charge in [0, 0.05) is 10.3 Å². The van der Waals surface area contributed by atoms with E-state index >= 15 is 0 Å². The molecule has 100 valence electrons. The van der Waals surface area contributed by atoms with E-state index in [4.69, 9.17) is 0 Å². The lowest BCUT2D eigenvalue weighted by molar-refractivity contribution is -0.141. The highest BCUT2D eigenvalue weighted by molar-refractivity contribution is 7.10. The number of aryl methyl sites for hydroxylation is 1. The fraction of sp³-hybridized carbons (Fsp3) is 0.429. The summed E-state index contributed by atoms with van der Waals surface area (Å²) in [6.07, 6.45) is 2.18. The van der Waals surface area contributed by atoms with Gasteiger partial charge in [-0.3, -0.25) is 14.9 Å². The summed E-state index contributed by atoms with van der Waals surface area (Å²) in [6.45, 7) is 0. The third-order valence-corrected chi connectivity index (χ3v) is 5.28. The number of fused-ring (bicyclic) bond motifs is 2. The molecule has 2 aliphatic rings. The van der Waals surface area contributed by atoms with Crippen LogP contribution in [0.25, 0.3) is 0 Å². The minimum absolute atomic E-state index is 0.520. The Morgan fingerprint density at radius 3 is 2.50 bits per heavy atom. The molecule has 2 atom stereocenters. The second kappa shape index (κ2) is 4.43. The van der Waals surface area contributed by atoms with Crippen LogP contribution in [-0.2, 0) is 21.4 Å². The largest absolute Gasteiger partial charge is 0.294 e. The van der Waals surface area contributed by atoms with Gasteiger partial charge in [-0.1, -0.05) is 0 Å². The molecule has 0 radical (unpaired) electrons. The van der Waals surface area contributed by atoms with Crippen molar-refractivity contribution >= 4 is 23.2 Å². The van der Waals surface area contributed by atoms with Crippen LogP contribution in [0.3, 0.4) is 0 Å². The van der Waals surface area contributed by atoms with Crippen molar-refractivity contribution in [2.75, 3.05) is 0 Å². The third-order valence-electron chi connectivity index (χ3n) is 4.30. The Morgan fingerprint density at radius 2 is 1.90 bits per heavy atom. The lowest BCUT2D eigenvalue weighted by atomic mass is 9.56. The van der Waals surface area contributed by atoms with Gasteiger partial charge >= 0.3 is 0 Å². The molecule has 1 saturated heterocycles. The molecule has 0 bridgehead atoms. The van der Waals surface area contributed by atoms with Crippen molar-refractivity contribution in [2.24, 2.45) is 11.8 Å². The van der Waals surface area contributed by atoms with E-state index in [9.17, 15) is 20.1 Å². The molecule has 1 aliphatic heterocycles. The maximum atomic E-state index is 12.0. The molecule has 1 aliphatic carbocycles. The predicted molar refractivity (Wildman–Crippen MR) is 70.3 cm³/mol. The van der Waals surface area contributed by atoms with Crippen LogP contribution in [-0.4, -0.2) is 11.8 Å². The summed E-state index contributed by atoms with van der Waals surface area (Å²) in [6, 6.07) is 5.90. The first kappa shape index (κ1) is 12.8. The number of nitrogens with zero attached hydrogens (tertiary/aromatic N) is 2. The summed E-state index contributed by atoms with van der Waals surface area (Å²) in [5.74, 6) is -3.14. The second-order valence-corrected chi connectivity index (χ2v) is 6.13. The maximum absolute atomic E-state index is 12.0. The first-order chi connectivity index (χ1) is 9.65. The van der Waals surface area contributed by atoms with Crippen molar-refractivity contribution in [1.82, 2.24) is 5.32 Å². The van der Waals surface area contributed by atoms with Gasteiger partial charge in [0.25, 0.3) is 0 Å². The number of nitrogens with one attached hydrogen (secondary N) is 1. The molecule has 2 heterocycles. The van der Waals surface area contributed by atoms with Crippen molar-refractivity contribution in [3.8, 4) is 12.1 Å². The van der Waals surface area contributed by atoms with E-state index in [0.29, 0.717) is 6.42 Å². The Balaban J connectivity index is 2.27. The maximum Gasteiger partial charge on any atom is 0.244 e. The van der Waals surface area contributed by atoms with Gasteiger partial charge in [0.2, 0.25) is 11.8 Å². The topological polar surface area (TPSA) is 93.8 Å². The molecule has 3 rings (SSSR count). The number of hydrogen-bond donors (Lipinski definition) is 1. The number of thiophene rings is 1. The number of carbonyl (C=O) groups excluding carboxylic acids is 2. The minimum atomic E-state index is -0.988. The van der Waals surface area contributed by atoms with Gasteiger partial charge in [-0.05, 0) is 36.3 Å². The van der Waals surface area contributed by atoms with E-state index in [1.54, 1.807) is 11.3 Å². The Morgan fingerprint density at radius 1 is 1.25 bits per heavy atom. The fourth-order valence-electron chi connectivity index (χ4n) is 3.47. The van der Waals surface area contributed by atoms with Crippen molar-refractivity contribution < 1.29 is 9.59 Å². The summed E-state index contributed by atoms with van der Waals surface area (Å²) < 4.78 is 0. The van der Waals surface area contributed by atoms with Crippen molar-refractivity contribution in [2.45, 2.75) is 24.7 Å². The molecule has 20 heavy (non-hydrogen) atoms. The first-order valence-corrected chi connectivity index (χ1v) is 7.24. The van der Waals surface area contributed by atoms with Crippen LogP contribution in [0.15, 0.2) is 11.4 Å². The Hall–Kier alpha value is -2.18. The average molecular weight is 285 g/mol. The number of nitriles is 2. The van der Waals surface area contributed by atoms with Gasteiger partial charge in [-0.2, -0.15) is 10.5 Å². The van der Waals surface area contributed by atoms with E-state index in [-0.39, 0.29) is 0 Å². The molecular formula is C14H11N3O2S. The van der Waals surface area contributed by atoms with Crippen LogP contribution in [0.1, 0.15) is 23.3 Å². The van der Waals surface area contributed by atoms with Crippen molar-refractivity contribution in [1.29, 1.82) is 10.5 Å². The summed E-state index contributed by atoms with van der Waals surface area (Å²) in [5.41, 5.74) is -0.133. The monoisotopic (exact) mass is 285 g/mol. The quantitative estimate of drug-likeness (QED) is 0.726. The molecule has 2 amide bonds. The third kappa shape index (κ3) is 1.46. The zero-order valence-corrected chi connectivity index (χ0v) is 11.4. The smallest absolute Gasteiger partial charge is 0.244 e. The van der Waals surface area contributed by atoms with E-state index in [2.05, 4.69) is 5.32 Å². The number of hydrogen-bond acceptors (Lipinski definition) is 5. The SMILES string of the molecule is N#C[C@H]1C(=O)NC(=O)[C@H](C#N)C12CCCc1sccc12. The molecule has 0 saturated carbocycles. The summed E-state index contributed by atoms with van der Waals surface area (Å²) in [4.78, 5) is 25.2. The molecule has 0 aromatic carbocycles. The highest BCUT2D eigenvalue weighted by Gasteiger charge is 2.58. The van der Waals surface area contributed by atoms with Gasteiger partial charge in [0.1, 0.15) is 11.8 Å². The molecule has 1 aromatic heterocycles. The summed E-state index contributed by atoms with van der Waals surface area (Å²) in [5, 5.41) is 22.9. The molecule has 1 spiro atoms. The highest BCUT2D eigenvalue weighted by atomic mass is 32.1. The molecule has 5 nitrogen and oxygen atoms in total. The first-order valence-electron chi connectivity index (χ1n) is 6.36. The number of amides is 2. The Kier molecular flexibility index (Phi) is 2.84. The molecule has 6 heteroatoms. The molecule has 1 aromatic rings. The standard InChI is InChI=1S/C14H11N3O2S/c15-6-9-12(18)17-13(19)10(7-16)14(9)4-1-2-11-8(14)3-5-20-11/h3,5,9-10H,1-2,4H2,(H,17,18,19)/t9-,10-/m0/s1. The van der Waals surface area contributed by atoms with Crippen LogP contribution in [0.4, 0.5) is 0 Å². The molecular weight excluding hydrogens is 274 g/mol. The second-order valence-electron chi connectivity index (χ2n) is 5.13. The zero-order valence-electron chi connectivity index (χ0n) is 10.5. The summed E-state index contributed by atoms with van der Waals surface area (Å²) in [7, 11) is 0. The van der Waals surface area contributed by atoms with E-state index in [1.807, 2.05) is 23.6 Å². The van der Waals surface area contributed by atoms with Crippen LogP contribution >= 0.6 is 11.3 Å². The number of imide groups is 1. The lowest BCUT2D eigenvalue weighted by Crippen LogP contribution is -2.60. The van der Waals surface area contributed by atoms with Gasteiger partial charge in [0.05, 0.1) is 12.1 Å². The fourth-order valence-corrected chi connectivity index (χ4v) is 4.49.